The van der Waals surface area contributed by atoms with Gasteiger partial charge in [-0.3, -0.25) is 4.79 Å². The van der Waals surface area contributed by atoms with Crippen LogP contribution in [0.5, 0.6) is 11.5 Å². The van der Waals surface area contributed by atoms with Crippen molar-refractivity contribution in [1.82, 2.24) is 5.32 Å². The van der Waals surface area contributed by atoms with Gasteiger partial charge in [-0.1, -0.05) is 6.07 Å². The summed E-state index contributed by atoms with van der Waals surface area (Å²) in [5, 5.41) is 2.98. The first kappa shape index (κ1) is 18.1. The number of methoxy groups -OCH3 is 2. The van der Waals surface area contributed by atoms with E-state index in [0.29, 0.717) is 18.5 Å². The normalized spacial score (nSPS) is 13.5. The minimum atomic E-state index is -0.0505. The van der Waals surface area contributed by atoms with E-state index in [-0.39, 0.29) is 5.91 Å². The van der Waals surface area contributed by atoms with E-state index >= 15 is 0 Å². The Hall–Kier alpha value is -2.69. The molecule has 1 aliphatic heterocycles. The summed E-state index contributed by atoms with van der Waals surface area (Å²) in [6.07, 6.45) is 3.19. The Morgan fingerprint density at radius 2 is 1.77 bits per heavy atom. The highest BCUT2D eigenvalue weighted by atomic mass is 16.5. The molecule has 2 aromatic carbocycles. The summed E-state index contributed by atoms with van der Waals surface area (Å²) in [7, 11) is 3.27. The van der Waals surface area contributed by atoms with E-state index in [1.807, 2.05) is 42.5 Å². The number of hydrogen-bond donors (Lipinski definition) is 1. The van der Waals surface area contributed by atoms with Gasteiger partial charge in [0.25, 0.3) is 5.91 Å². The van der Waals surface area contributed by atoms with E-state index in [9.17, 15) is 4.79 Å². The van der Waals surface area contributed by atoms with Crippen LogP contribution in [0.15, 0.2) is 42.5 Å². The fourth-order valence-corrected chi connectivity index (χ4v) is 3.27. The lowest BCUT2D eigenvalue weighted by molar-refractivity contribution is 0.0954. The summed E-state index contributed by atoms with van der Waals surface area (Å²) >= 11 is 0. The first-order chi connectivity index (χ1) is 12.7. The predicted octanol–water partition coefficient (Wildman–Crippen LogP) is 3.28. The van der Waals surface area contributed by atoms with Crippen molar-refractivity contribution in [2.75, 3.05) is 38.8 Å². The molecule has 1 N–H and O–H groups in total. The van der Waals surface area contributed by atoms with Gasteiger partial charge in [-0.05, 0) is 55.2 Å². The predicted molar refractivity (Wildman–Crippen MR) is 103 cm³/mol. The summed E-state index contributed by atoms with van der Waals surface area (Å²) < 4.78 is 10.6. The Bertz CT molecular complexity index is 737. The van der Waals surface area contributed by atoms with Gasteiger partial charge in [0.15, 0.2) is 0 Å². The average Bonchev–Trinajstić information content (AvgIpc) is 3.23. The van der Waals surface area contributed by atoms with Gasteiger partial charge in [0.05, 0.1) is 14.2 Å². The molecule has 0 aromatic heterocycles. The number of carbonyl (C=O) groups excluding carboxylic acids is 1. The molecule has 0 aliphatic carbocycles. The lowest BCUT2D eigenvalue weighted by atomic mass is 10.1. The van der Waals surface area contributed by atoms with Crippen LogP contribution in [0.25, 0.3) is 0 Å². The van der Waals surface area contributed by atoms with Gasteiger partial charge in [0.2, 0.25) is 0 Å². The number of nitrogens with one attached hydrogen (secondary N) is 1. The first-order valence-electron chi connectivity index (χ1n) is 9.05. The number of anilines is 1. The van der Waals surface area contributed by atoms with Crippen LogP contribution in [0.3, 0.4) is 0 Å². The number of rotatable bonds is 7. The van der Waals surface area contributed by atoms with E-state index in [1.54, 1.807) is 14.2 Å². The second-order valence-electron chi connectivity index (χ2n) is 6.42. The monoisotopic (exact) mass is 354 g/mol. The van der Waals surface area contributed by atoms with Crippen LogP contribution in [0.2, 0.25) is 0 Å². The summed E-state index contributed by atoms with van der Waals surface area (Å²) in [4.78, 5) is 14.7. The molecule has 1 fully saturated rings. The molecule has 1 amide bonds. The Morgan fingerprint density at radius 3 is 2.42 bits per heavy atom. The third-order valence-corrected chi connectivity index (χ3v) is 4.77. The molecule has 0 radical (unpaired) electrons. The van der Waals surface area contributed by atoms with Crippen LogP contribution in [0.1, 0.15) is 28.8 Å². The third-order valence-electron chi connectivity index (χ3n) is 4.77. The maximum Gasteiger partial charge on any atom is 0.251 e. The molecule has 1 aliphatic rings. The lowest BCUT2D eigenvalue weighted by Gasteiger charge is -2.17. The molecule has 5 heteroatoms. The largest absolute Gasteiger partial charge is 0.497 e. The van der Waals surface area contributed by atoms with Crippen LogP contribution < -0.4 is 19.7 Å². The standard InChI is InChI=1S/C21H26N2O3/c1-25-19-10-7-16(20(15-19)26-2)11-12-22-21(24)17-5-8-18(9-6-17)23-13-3-4-14-23/h5-10,15H,3-4,11-14H2,1-2H3,(H,22,24). The summed E-state index contributed by atoms with van der Waals surface area (Å²) in [6.45, 7) is 2.76. The van der Waals surface area contributed by atoms with Crippen LogP contribution in [0, 0.1) is 0 Å². The topological polar surface area (TPSA) is 50.8 Å². The van der Waals surface area contributed by atoms with E-state index in [0.717, 1.165) is 30.2 Å². The fourth-order valence-electron chi connectivity index (χ4n) is 3.27. The van der Waals surface area contributed by atoms with E-state index in [4.69, 9.17) is 9.47 Å². The van der Waals surface area contributed by atoms with Gasteiger partial charge in [-0.2, -0.15) is 0 Å². The minimum Gasteiger partial charge on any atom is -0.497 e. The summed E-state index contributed by atoms with van der Waals surface area (Å²) in [5.74, 6) is 1.48. The molecule has 1 saturated heterocycles. The number of nitrogens with zero attached hydrogens (tertiary/aromatic N) is 1. The smallest absolute Gasteiger partial charge is 0.251 e. The van der Waals surface area contributed by atoms with Crippen molar-refractivity contribution >= 4 is 11.6 Å². The van der Waals surface area contributed by atoms with Crippen molar-refractivity contribution in [2.24, 2.45) is 0 Å². The van der Waals surface area contributed by atoms with Crippen molar-refractivity contribution in [1.29, 1.82) is 0 Å². The van der Waals surface area contributed by atoms with Gasteiger partial charge >= 0.3 is 0 Å². The Kier molecular flexibility index (Phi) is 6.00. The van der Waals surface area contributed by atoms with Gasteiger partial charge in [-0.25, -0.2) is 0 Å². The second-order valence-corrected chi connectivity index (χ2v) is 6.42. The second kappa shape index (κ2) is 8.61. The van der Waals surface area contributed by atoms with Crippen molar-refractivity contribution in [3.63, 3.8) is 0 Å². The molecule has 0 bridgehead atoms. The molecule has 26 heavy (non-hydrogen) atoms. The summed E-state index contributed by atoms with van der Waals surface area (Å²) in [5.41, 5.74) is 2.93. The third kappa shape index (κ3) is 4.28. The van der Waals surface area contributed by atoms with Crippen LogP contribution in [0.4, 0.5) is 5.69 Å². The van der Waals surface area contributed by atoms with Crippen LogP contribution in [-0.2, 0) is 6.42 Å². The van der Waals surface area contributed by atoms with Crippen molar-refractivity contribution in [3.05, 3.63) is 53.6 Å². The quantitative estimate of drug-likeness (QED) is 0.829. The average molecular weight is 354 g/mol. The number of ether oxygens (including phenoxy) is 2. The summed E-state index contributed by atoms with van der Waals surface area (Å²) in [6, 6.07) is 13.6. The van der Waals surface area contributed by atoms with Crippen molar-refractivity contribution in [3.8, 4) is 11.5 Å². The molecule has 5 nitrogen and oxygen atoms in total. The van der Waals surface area contributed by atoms with E-state index in [2.05, 4.69) is 10.2 Å². The first-order valence-corrected chi connectivity index (χ1v) is 9.05. The van der Waals surface area contributed by atoms with Crippen molar-refractivity contribution in [2.45, 2.75) is 19.3 Å². The van der Waals surface area contributed by atoms with Crippen molar-refractivity contribution < 1.29 is 14.3 Å². The molecule has 0 spiro atoms. The fraction of sp³-hybridized carbons (Fsp3) is 0.381. The van der Waals surface area contributed by atoms with Crippen LogP contribution in [-0.4, -0.2) is 39.8 Å². The zero-order valence-electron chi connectivity index (χ0n) is 15.5. The van der Waals surface area contributed by atoms with Gasteiger partial charge in [0, 0.05) is 37.0 Å². The number of hydrogen-bond acceptors (Lipinski definition) is 4. The highest BCUT2D eigenvalue weighted by molar-refractivity contribution is 5.94. The molecule has 2 aromatic rings. The SMILES string of the molecule is COc1ccc(CCNC(=O)c2ccc(N3CCCC3)cc2)c(OC)c1. The molecular weight excluding hydrogens is 328 g/mol. The molecule has 3 rings (SSSR count). The number of carbonyl (C=O) groups is 1. The van der Waals surface area contributed by atoms with Gasteiger partial charge < -0.3 is 19.7 Å². The molecule has 0 atom stereocenters. The maximum absolute atomic E-state index is 12.3. The highest BCUT2D eigenvalue weighted by Gasteiger charge is 2.13. The van der Waals surface area contributed by atoms with E-state index in [1.165, 1.54) is 18.5 Å². The highest BCUT2D eigenvalue weighted by Crippen LogP contribution is 2.25. The molecule has 1 heterocycles. The Morgan fingerprint density at radius 1 is 1.04 bits per heavy atom. The van der Waals surface area contributed by atoms with Gasteiger partial charge in [0.1, 0.15) is 11.5 Å². The minimum absolute atomic E-state index is 0.0505. The van der Waals surface area contributed by atoms with E-state index < -0.39 is 0 Å². The molecule has 0 unspecified atom stereocenters. The maximum atomic E-state index is 12.3. The lowest BCUT2D eigenvalue weighted by Crippen LogP contribution is -2.26. The zero-order valence-corrected chi connectivity index (χ0v) is 15.5. The molecule has 138 valence electrons. The molecular formula is C21H26N2O3. The number of amides is 1. The Labute approximate surface area is 154 Å². The molecule has 0 saturated carbocycles. The Balaban J connectivity index is 1.54. The van der Waals surface area contributed by atoms with Gasteiger partial charge in [-0.15, -0.1) is 0 Å². The van der Waals surface area contributed by atoms with Crippen LogP contribution >= 0.6 is 0 Å². The number of benzene rings is 2. The zero-order chi connectivity index (χ0) is 18.4.